The van der Waals surface area contributed by atoms with Crippen LogP contribution in [0.4, 0.5) is 0 Å². The second-order valence-corrected chi connectivity index (χ2v) is 5.12. The van der Waals surface area contributed by atoms with E-state index in [2.05, 4.69) is 44.9 Å². The number of nitrogens with one attached hydrogen (secondary N) is 1. The van der Waals surface area contributed by atoms with E-state index in [0.717, 1.165) is 54.9 Å². The molecule has 1 N–H and O–H groups in total. The van der Waals surface area contributed by atoms with Gasteiger partial charge in [0.05, 0.1) is 15.9 Å². The molecule has 1 heterocycles. The van der Waals surface area contributed by atoms with Crippen molar-refractivity contribution in [2.45, 2.75) is 46.2 Å². The highest BCUT2D eigenvalue weighted by Gasteiger charge is 2.12. The first kappa shape index (κ1) is 15.0. The number of alkyl halides is 1. The second-order valence-electron chi connectivity index (χ2n) is 3.95. The van der Waals surface area contributed by atoms with Gasteiger partial charge in [0.2, 0.25) is 0 Å². The van der Waals surface area contributed by atoms with Crippen LogP contribution in [0.3, 0.4) is 0 Å². The molecule has 1 aromatic rings. The first-order valence-corrected chi connectivity index (χ1v) is 7.58. The lowest BCUT2D eigenvalue weighted by molar-refractivity contribution is 0.567. The molecule has 5 heteroatoms. The summed E-state index contributed by atoms with van der Waals surface area (Å²) in [5.41, 5.74) is 2.39. The number of hydrogen-bond donors (Lipinski definition) is 1. The van der Waals surface area contributed by atoms with E-state index in [9.17, 15) is 0 Å². The molecule has 0 bridgehead atoms. The number of halogens is 2. The fourth-order valence-electron chi connectivity index (χ4n) is 1.74. The molecule has 17 heavy (non-hydrogen) atoms. The number of hydrogen-bond acceptors (Lipinski definition) is 2. The van der Waals surface area contributed by atoms with Crippen LogP contribution >= 0.6 is 27.5 Å². The highest BCUT2D eigenvalue weighted by atomic mass is 79.9. The number of aromatic nitrogens is 2. The van der Waals surface area contributed by atoms with Crippen molar-refractivity contribution in [3.8, 4) is 0 Å². The van der Waals surface area contributed by atoms with E-state index in [-0.39, 0.29) is 0 Å². The molecule has 0 radical (unpaired) electrons. The van der Waals surface area contributed by atoms with Crippen LogP contribution in [0, 0.1) is 0 Å². The SMILES string of the molecule is CCc1nn(CC)c(CNCCCCCl)c1Br. The van der Waals surface area contributed by atoms with Crippen LogP contribution in [0.5, 0.6) is 0 Å². The van der Waals surface area contributed by atoms with Gasteiger partial charge < -0.3 is 5.32 Å². The average Bonchev–Trinajstić information content (AvgIpc) is 2.65. The summed E-state index contributed by atoms with van der Waals surface area (Å²) in [5.74, 6) is 0.748. The Morgan fingerprint density at radius 3 is 2.71 bits per heavy atom. The zero-order chi connectivity index (χ0) is 12.7. The summed E-state index contributed by atoms with van der Waals surface area (Å²) in [7, 11) is 0. The summed E-state index contributed by atoms with van der Waals surface area (Å²) in [5, 5.41) is 8.01. The molecule has 0 aliphatic carbocycles. The lowest BCUT2D eigenvalue weighted by Gasteiger charge is -2.07. The molecule has 0 spiro atoms. The summed E-state index contributed by atoms with van der Waals surface area (Å²) >= 11 is 9.28. The molecule has 0 aliphatic heterocycles. The molecule has 98 valence electrons. The predicted molar refractivity (Wildman–Crippen MR) is 76.6 cm³/mol. The molecule has 1 aromatic heterocycles. The molecule has 0 saturated heterocycles. The Labute approximate surface area is 117 Å². The second kappa shape index (κ2) is 8.11. The Kier molecular flexibility index (Phi) is 7.16. The van der Waals surface area contributed by atoms with Gasteiger partial charge >= 0.3 is 0 Å². The molecule has 0 atom stereocenters. The summed E-state index contributed by atoms with van der Waals surface area (Å²) < 4.78 is 3.23. The number of nitrogens with zero attached hydrogens (tertiary/aromatic N) is 2. The van der Waals surface area contributed by atoms with Gasteiger partial charge in [0.25, 0.3) is 0 Å². The lowest BCUT2D eigenvalue weighted by atomic mass is 10.3. The van der Waals surface area contributed by atoms with Gasteiger partial charge in [0.15, 0.2) is 0 Å². The van der Waals surface area contributed by atoms with E-state index >= 15 is 0 Å². The summed E-state index contributed by atoms with van der Waals surface area (Å²) in [6, 6.07) is 0. The van der Waals surface area contributed by atoms with Gasteiger partial charge in [-0.3, -0.25) is 4.68 Å². The Balaban J connectivity index is 2.54. The van der Waals surface area contributed by atoms with Crippen LogP contribution in [0.1, 0.15) is 38.1 Å². The predicted octanol–water partition coefficient (Wildman–Crippen LogP) is 3.34. The average molecular weight is 323 g/mol. The van der Waals surface area contributed by atoms with Crippen molar-refractivity contribution in [3.63, 3.8) is 0 Å². The lowest BCUT2D eigenvalue weighted by Crippen LogP contribution is -2.18. The van der Waals surface area contributed by atoms with Gasteiger partial charge in [-0.1, -0.05) is 6.92 Å². The molecular weight excluding hydrogens is 302 g/mol. The van der Waals surface area contributed by atoms with E-state index in [1.54, 1.807) is 0 Å². The standard InChI is InChI=1S/C12H21BrClN3/c1-3-10-12(13)11(17(4-2)16-10)9-15-8-6-5-7-14/h15H,3-9H2,1-2H3. The highest BCUT2D eigenvalue weighted by molar-refractivity contribution is 9.10. The van der Waals surface area contributed by atoms with Crippen LogP contribution in [0.25, 0.3) is 0 Å². The van der Waals surface area contributed by atoms with Gasteiger partial charge in [0.1, 0.15) is 0 Å². The first-order valence-electron chi connectivity index (χ1n) is 6.25. The van der Waals surface area contributed by atoms with E-state index in [1.165, 1.54) is 5.69 Å². The van der Waals surface area contributed by atoms with E-state index in [4.69, 9.17) is 11.6 Å². The molecule has 3 nitrogen and oxygen atoms in total. The Morgan fingerprint density at radius 2 is 2.12 bits per heavy atom. The van der Waals surface area contributed by atoms with Crippen molar-refractivity contribution in [1.82, 2.24) is 15.1 Å². The van der Waals surface area contributed by atoms with Crippen molar-refractivity contribution in [3.05, 3.63) is 15.9 Å². The van der Waals surface area contributed by atoms with Crippen LogP contribution in [0.15, 0.2) is 4.47 Å². The zero-order valence-electron chi connectivity index (χ0n) is 10.6. The minimum atomic E-state index is 0.748. The third-order valence-corrected chi connectivity index (χ3v) is 3.91. The smallest absolute Gasteiger partial charge is 0.0767 e. The Bertz CT molecular complexity index is 339. The summed E-state index contributed by atoms with van der Waals surface area (Å²) in [6.07, 6.45) is 3.16. The molecule has 0 amide bonds. The highest BCUT2D eigenvalue weighted by Crippen LogP contribution is 2.22. The first-order chi connectivity index (χ1) is 8.24. The summed E-state index contributed by atoms with van der Waals surface area (Å²) in [4.78, 5) is 0. The van der Waals surface area contributed by atoms with Crippen molar-refractivity contribution < 1.29 is 0 Å². The normalized spacial score (nSPS) is 11.1. The molecular formula is C12H21BrClN3. The van der Waals surface area contributed by atoms with Gasteiger partial charge in [-0.15, -0.1) is 11.6 Å². The van der Waals surface area contributed by atoms with E-state index in [0.29, 0.717) is 0 Å². The number of unbranched alkanes of at least 4 members (excludes halogenated alkanes) is 1. The molecule has 0 aromatic carbocycles. The van der Waals surface area contributed by atoms with Crippen molar-refractivity contribution in [2.75, 3.05) is 12.4 Å². The fraction of sp³-hybridized carbons (Fsp3) is 0.750. The quantitative estimate of drug-likeness (QED) is 0.587. The fourth-order valence-corrected chi connectivity index (χ4v) is 2.63. The van der Waals surface area contributed by atoms with Gasteiger partial charge in [-0.05, 0) is 48.7 Å². The monoisotopic (exact) mass is 321 g/mol. The summed E-state index contributed by atoms with van der Waals surface area (Å²) in [6.45, 7) is 7.04. The molecule has 0 saturated carbocycles. The van der Waals surface area contributed by atoms with Crippen molar-refractivity contribution in [1.29, 1.82) is 0 Å². The van der Waals surface area contributed by atoms with Crippen LogP contribution < -0.4 is 5.32 Å². The minimum absolute atomic E-state index is 0.748. The number of rotatable bonds is 8. The molecule has 0 aliphatic rings. The minimum Gasteiger partial charge on any atom is -0.311 e. The third kappa shape index (κ3) is 4.27. The maximum atomic E-state index is 5.64. The largest absolute Gasteiger partial charge is 0.311 e. The van der Waals surface area contributed by atoms with Crippen molar-refractivity contribution >= 4 is 27.5 Å². The van der Waals surface area contributed by atoms with E-state index in [1.807, 2.05) is 0 Å². The molecule has 1 rings (SSSR count). The number of aryl methyl sites for hydroxylation is 2. The van der Waals surface area contributed by atoms with Crippen LogP contribution in [-0.4, -0.2) is 22.2 Å². The van der Waals surface area contributed by atoms with Gasteiger partial charge in [-0.2, -0.15) is 5.10 Å². The van der Waals surface area contributed by atoms with Crippen LogP contribution in [-0.2, 0) is 19.5 Å². The van der Waals surface area contributed by atoms with Crippen molar-refractivity contribution in [2.24, 2.45) is 0 Å². The zero-order valence-corrected chi connectivity index (χ0v) is 12.9. The Hall–Kier alpha value is -0.0600. The third-order valence-electron chi connectivity index (χ3n) is 2.72. The maximum Gasteiger partial charge on any atom is 0.0767 e. The molecule has 0 fully saturated rings. The van der Waals surface area contributed by atoms with E-state index < -0.39 is 0 Å². The maximum absolute atomic E-state index is 5.64. The Morgan fingerprint density at radius 1 is 1.35 bits per heavy atom. The van der Waals surface area contributed by atoms with Gasteiger partial charge in [0, 0.05) is 19.0 Å². The molecule has 0 unspecified atom stereocenters. The van der Waals surface area contributed by atoms with Gasteiger partial charge in [-0.25, -0.2) is 0 Å². The van der Waals surface area contributed by atoms with Crippen LogP contribution in [0.2, 0.25) is 0 Å². The topological polar surface area (TPSA) is 29.9 Å².